The molecular formula is C25H18F3N5O2. The van der Waals surface area contributed by atoms with Crippen LogP contribution in [0.25, 0.3) is 27.7 Å². The first kappa shape index (κ1) is 22.2. The molecule has 35 heavy (non-hydrogen) atoms. The van der Waals surface area contributed by atoms with Crippen LogP contribution in [0.1, 0.15) is 16.1 Å². The van der Waals surface area contributed by atoms with Crippen LogP contribution in [0.4, 0.5) is 18.9 Å². The number of halogens is 3. The molecule has 0 fully saturated rings. The minimum Gasteiger partial charge on any atom is -0.497 e. The fourth-order valence-electron chi connectivity index (χ4n) is 3.77. The van der Waals surface area contributed by atoms with E-state index in [0.29, 0.717) is 16.1 Å². The summed E-state index contributed by atoms with van der Waals surface area (Å²) in [5.41, 5.74) is 1.45. The van der Waals surface area contributed by atoms with Gasteiger partial charge in [-0.1, -0.05) is 24.3 Å². The van der Waals surface area contributed by atoms with Crippen LogP contribution in [0.3, 0.4) is 0 Å². The lowest BCUT2D eigenvalue weighted by molar-refractivity contribution is -0.143. The highest BCUT2D eigenvalue weighted by molar-refractivity contribution is 6.05. The number of anilines is 1. The Morgan fingerprint density at radius 1 is 0.971 bits per heavy atom. The maximum Gasteiger partial charge on any atom is 0.434 e. The molecule has 7 nitrogen and oxygen atoms in total. The highest BCUT2D eigenvalue weighted by Gasteiger charge is 2.40. The van der Waals surface area contributed by atoms with Gasteiger partial charge in [0.2, 0.25) is 0 Å². The molecule has 3 aromatic carbocycles. The second-order valence-corrected chi connectivity index (χ2v) is 7.72. The Balaban J connectivity index is 1.40. The van der Waals surface area contributed by atoms with E-state index in [-0.39, 0.29) is 5.69 Å². The van der Waals surface area contributed by atoms with Crippen molar-refractivity contribution >= 4 is 22.5 Å². The summed E-state index contributed by atoms with van der Waals surface area (Å²) in [5, 5.41) is 14.3. The predicted molar refractivity (Wildman–Crippen MR) is 125 cm³/mol. The Labute approximate surface area is 197 Å². The number of aromatic nitrogens is 4. The summed E-state index contributed by atoms with van der Waals surface area (Å²) in [6, 6.07) is 18.5. The maximum absolute atomic E-state index is 13.9. The van der Waals surface area contributed by atoms with Crippen LogP contribution in [-0.4, -0.2) is 33.0 Å². The molecule has 0 spiro atoms. The minimum atomic E-state index is -4.81. The van der Waals surface area contributed by atoms with Crippen LogP contribution in [0, 0.1) is 0 Å². The van der Waals surface area contributed by atoms with Crippen molar-refractivity contribution in [2.24, 2.45) is 0 Å². The van der Waals surface area contributed by atoms with Crippen molar-refractivity contribution in [2.45, 2.75) is 6.18 Å². The van der Waals surface area contributed by atoms with Crippen molar-refractivity contribution in [3.63, 3.8) is 0 Å². The third-order valence-electron chi connectivity index (χ3n) is 5.52. The van der Waals surface area contributed by atoms with Gasteiger partial charge in [0.05, 0.1) is 36.3 Å². The van der Waals surface area contributed by atoms with Gasteiger partial charge in [0.25, 0.3) is 5.91 Å². The molecule has 0 radical (unpaired) electrons. The van der Waals surface area contributed by atoms with Crippen LogP contribution in [-0.2, 0) is 6.18 Å². The fraction of sp³-hybridized carbons (Fsp3) is 0.0800. The standard InChI is InChI=1S/C25H18F3N5O2/c1-35-20-10-8-19(9-11-20)33-23(25(26,27)28)21(14-30-33)24(34)31-18-6-4-15(5-7-18)16-2-3-17-13-29-32-22(17)12-16/h2-14H,1H3,(H,29,32)(H,31,34). The number of carbonyl (C=O) groups excluding carboxylic acids is 1. The summed E-state index contributed by atoms with van der Waals surface area (Å²) in [6.07, 6.45) is -2.17. The first-order valence-electron chi connectivity index (χ1n) is 10.5. The van der Waals surface area contributed by atoms with Crippen LogP contribution >= 0.6 is 0 Å². The van der Waals surface area contributed by atoms with E-state index in [1.165, 1.54) is 31.4 Å². The Kier molecular flexibility index (Phi) is 5.48. The molecule has 1 amide bonds. The molecule has 5 aromatic rings. The van der Waals surface area contributed by atoms with Gasteiger partial charge in [-0.25, -0.2) is 4.68 Å². The number of rotatable bonds is 5. The highest BCUT2D eigenvalue weighted by Crippen LogP contribution is 2.34. The number of nitrogens with one attached hydrogen (secondary N) is 2. The maximum atomic E-state index is 13.9. The largest absolute Gasteiger partial charge is 0.497 e. The van der Waals surface area contributed by atoms with Crippen molar-refractivity contribution < 1.29 is 22.7 Å². The first-order valence-corrected chi connectivity index (χ1v) is 10.5. The van der Waals surface area contributed by atoms with Gasteiger partial charge in [-0.15, -0.1) is 0 Å². The molecule has 0 saturated carbocycles. The number of ether oxygens (including phenoxy) is 1. The molecule has 176 valence electrons. The predicted octanol–water partition coefficient (Wildman–Crippen LogP) is 5.70. The fourth-order valence-corrected chi connectivity index (χ4v) is 3.77. The average molecular weight is 477 g/mol. The zero-order chi connectivity index (χ0) is 24.6. The van der Waals surface area contributed by atoms with E-state index in [0.717, 1.165) is 28.2 Å². The zero-order valence-corrected chi connectivity index (χ0v) is 18.3. The molecule has 0 saturated heterocycles. The van der Waals surface area contributed by atoms with Crippen molar-refractivity contribution in [2.75, 3.05) is 12.4 Å². The van der Waals surface area contributed by atoms with Gasteiger partial charge in [-0.3, -0.25) is 9.89 Å². The summed E-state index contributed by atoms with van der Waals surface area (Å²) < 4.78 is 47.5. The Morgan fingerprint density at radius 2 is 1.69 bits per heavy atom. The number of nitrogens with zero attached hydrogens (tertiary/aromatic N) is 3. The van der Waals surface area contributed by atoms with E-state index in [4.69, 9.17) is 4.74 Å². The average Bonchev–Trinajstić information content (AvgIpc) is 3.51. The van der Waals surface area contributed by atoms with E-state index >= 15 is 0 Å². The minimum absolute atomic E-state index is 0.149. The first-order chi connectivity index (χ1) is 16.8. The molecule has 2 aromatic heterocycles. The van der Waals surface area contributed by atoms with Gasteiger partial charge < -0.3 is 10.1 Å². The van der Waals surface area contributed by atoms with Crippen LogP contribution < -0.4 is 10.1 Å². The van der Waals surface area contributed by atoms with E-state index in [9.17, 15) is 18.0 Å². The molecule has 2 N–H and O–H groups in total. The number of aromatic amines is 1. The van der Waals surface area contributed by atoms with Crippen molar-refractivity contribution in [1.29, 1.82) is 0 Å². The van der Waals surface area contributed by atoms with Crippen molar-refractivity contribution in [1.82, 2.24) is 20.0 Å². The number of hydrogen-bond donors (Lipinski definition) is 2. The third-order valence-corrected chi connectivity index (χ3v) is 5.52. The normalized spacial score (nSPS) is 11.5. The number of methoxy groups -OCH3 is 1. The van der Waals surface area contributed by atoms with Gasteiger partial charge >= 0.3 is 6.18 Å². The summed E-state index contributed by atoms with van der Waals surface area (Å²) in [4.78, 5) is 12.8. The lowest BCUT2D eigenvalue weighted by atomic mass is 10.0. The topological polar surface area (TPSA) is 84.8 Å². The molecular weight excluding hydrogens is 459 g/mol. The molecule has 0 aliphatic heterocycles. The van der Waals surface area contributed by atoms with Gasteiger partial charge in [-0.2, -0.15) is 23.4 Å². The molecule has 0 aliphatic rings. The third kappa shape index (κ3) is 4.33. The Bertz CT molecular complexity index is 1500. The number of hydrogen-bond acceptors (Lipinski definition) is 4. The summed E-state index contributed by atoms with van der Waals surface area (Å²) in [5.74, 6) is -0.427. The monoisotopic (exact) mass is 477 g/mol. The van der Waals surface area contributed by atoms with Gasteiger partial charge in [0, 0.05) is 11.1 Å². The SMILES string of the molecule is COc1ccc(-n2ncc(C(=O)Nc3ccc(-c4ccc5cn[nH]c5c4)cc3)c2C(F)(F)F)cc1. The van der Waals surface area contributed by atoms with Gasteiger partial charge in [0.1, 0.15) is 5.75 Å². The zero-order valence-electron chi connectivity index (χ0n) is 18.3. The molecule has 10 heteroatoms. The van der Waals surface area contributed by atoms with E-state index < -0.39 is 23.3 Å². The number of H-pyrrole nitrogens is 1. The smallest absolute Gasteiger partial charge is 0.434 e. The number of benzene rings is 3. The van der Waals surface area contributed by atoms with Crippen LogP contribution in [0.15, 0.2) is 79.1 Å². The molecule has 0 atom stereocenters. The lowest BCUT2D eigenvalue weighted by Crippen LogP contribution is -2.20. The Hall–Kier alpha value is -4.60. The number of fused-ring (bicyclic) bond motifs is 1. The second kappa shape index (κ2) is 8.64. The van der Waals surface area contributed by atoms with E-state index in [1.54, 1.807) is 30.5 Å². The van der Waals surface area contributed by atoms with Crippen molar-refractivity contribution in [3.8, 4) is 22.6 Å². The summed E-state index contributed by atoms with van der Waals surface area (Å²) in [7, 11) is 1.46. The summed E-state index contributed by atoms with van der Waals surface area (Å²) in [6.45, 7) is 0. The van der Waals surface area contributed by atoms with Gasteiger partial charge in [-0.05, 0) is 53.6 Å². The quantitative estimate of drug-likeness (QED) is 0.340. The summed E-state index contributed by atoms with van der Waals surface area (Å²) >= 11 is 0. The number of carbonyl (C=O) groups is 1. The molecule has 0 unspecified atom stereocenters. The van der Waals surface area contributed by atoms with Crippen LogP contribution in [0.5, 0.6) is 5.75 Å². The molecule has 0 aliphatic carbocycles. The number of amides is 1. The Morgan fingerprint density at radius 3 is 2.37 bits per heavy atom. The molecule has 2 heterocycles. The van der Waals surface area contributed by atoms with Crippen molar-refractivity contribution in [3.05, 3.63) is 90.4 Å². The number of alkyl halides is 3. The van der Waals surface area contributed by atoms with E-state index in [1.807, 2.05) is 18.2 Å². The van der Waals surface area contributed by atoms with E-state index in [2.05, 4.69) is 20.6 Å². The molecule has 5 rings (SSSR count). The van der Waals surface area contributed by atoms with Gasteiger partial charge in [0.15, 0.2) is 5.69 Å². The second-order valence-electron chi connectivity index (χ2n) is 7.72. The highest BCUT2D eigenvalue weighted by atomic mass is 19.4. The lowest BCUT2D eigenvalue weighted by Gasteiger charge is -2.13. The molecule has 0 bridgehead atoms. The van der Waals surface area contributed by atoms with Crippen LogP contribution in [0.2, 0.25) is 0 Å².